The number of ether oxygens (including phenoxy) is 2. The van der Waals surface area contributed by atoms with E-state index in [0.29, 0.717) is 36.5 Å². The van der Waals surface area contributed by atoms with Crippen molar-refractivity contribution in [1.29, 1.82) is 0 Å². The molecule has 0 aliphatic carbocycles. The number of allylic oxidation sites excluding steroid dienone is 2. The van der Waals surface area contributed by atoms with E-state index in [0.717, 1.165) is 147 Å². The van der Waals surface area contributed by atoms with Crippen molar-refractivity contribution in [3.8, 4) is 22.3 Å². The lowest BCUT2D eigenvalue weighted by Crippen LogP contribution is -2.43. The van der Waals surface area contributed by atoms with E-state index in [1.807, 2.05) is 100 Å². The van der Waals surface area contributed by atoms with Crippen LogP contribution in [0.5, 0.6) is 0 Å². The Kier molecular flexibility index (Phi) is 18.9. The van der Waals surface area contributed by atoms with Crippen molar-refractivity contribution < 1.29 is 19.1 Å². The predicted molar refractivity (Wildman–Crippen MR) is 388 cm³/mol. The van der Waals surface area contributed by atoms with Crippen LogP contribution in [0.25, 0.3) is 76.8 Å². The summed E-state index contributed by atoms with van der Waals surface area (Å²) in [5.74, 6) is 0. The number of fused-ring (bicyclic) bond motifs is 4. The van der Waals surface area contributed by atoms with Gasteiger partial charge in [-0.15, -0.1) is 0 Å². The molecule has 93 heavy (non-hydrogen) atoms. The van der Waals surface area contributed by atoms with E-state index in [1.54, 1.807) is 4.90 Å². The Hall–Kier alpha value is -8.54. The molecule has 2 aromatic heterocycles. The van der Waals surface area contributed by atoms with Crippen molar-refractivity contribution in [1.82, 2.24) is 30.4 Å². The zero-order chi connectivity index (χ0) is 62.5. The summed E-state index contributed by atoms with van der Waals surface area (Å²) in [5.41, 5.74) is 16.8. The maximum atomic E-state index is 13.7. The number of H-pyrrole nitrogens is 2. The van der Waals surface area contributed by atoms with Crippen LogP contribution >= 0.6 is 27.0 Å². The highest BCUT2D eigenvalue weighted by Crippen LogP contribution is 2.38. The van der Waals surface area contributed by atoms with Gasteiger partial charge in [-0.3, -0.25) is 29.4 Å². The molecule has 2 unspecified atom stereocenters. The highest BCUT2D eigenvalue weighted by molar-refractivity contribution is 7.59. The number of benzene rings is 7. The van der Waals surface area contributed by atoms with Crippen molar-refractivity contribution in [2.75, 3.05) is 26.2 Å². The van der Waals surface area contributed by atoms with Gasteiger partial charge in [0, 0.05) is 95.1 Å². The summed E-state index contributed by atoms with van der Waals surface area (Å²) in [4.78, 5) is 73.2. The molecule has 2 amide bonds. The highest BCUT2D eigenvalue weighted by atomic mass is 32.1. The average Bonchev–Trinajstić information content (AvgIpc) is 1.75. The van der Waals surface area contributed by atoms with Crippen LogP contribution in [-0.4, -0.2) is 87.2 Å². The molecule has 0 spiro atoms. The molecule has 16 heteroatoms. The predicted octanol–water partition coefficient (Wildman–Crippen LogP) is 16.0. The number of likely N-dealkylation sites (tertiary alicyclic amines) is 2. The first kappa shape index (κ1) is 64.6. The van der Waals surface area contributed by atoms with Gasteiger partial charge in [0.05, 0.1) is 23.1 Å². The third-order valence-electron chi connectivity index (χ3n) is 19.3. The number of carbonyl (C=O) groups excluding carboxylic acids is 2. The smallest absolute Gasteiger partial charge is 0.410 e. The lowest BCUT2D eigenvalue weighted by Gasteiger charge is -2.28. The lowest BCUT2D eigenvalue weighted by molar-refractivity contribution is 0.0265. The fourth-order valence-corrected chi connectivity index (χ4v) is 14.4. The molecule has 4 fully saturated rings. The molecule has 9 aromatic rings. The van der Waals surface area contributed by atoms with Gasteiger partial charge in [0.2, 0.25) is 0 Å². The van der Waals surface area contributed by atoms with Gasteiger partial charge in [0.15, 0.2) is 10.9 Å². The summed E-state index contributed by atoms with van der Waals surface area (Å²) in [6.07, 6.45) is 13.1. The van der Waals surface area contributed by atoms with Crippen LogP contribution in [0.15, 0.2) is 172 Å². The van der Waals surface area contributed by atoms with E-state index in [-0.39, 0.29) is 74.8 Å². The summed E-state index contributed by atoms with van der Waals surface area (Å²) in [7, 11) is 0. The van der Waals surface area contributed by atoms with E-state index in [9.17, 15) is 19.2 Å². The van der Waals surface area contributed by atoms with Crippen LogP contribution in [0.4, 0.5) is 9.59 Å². The van der Waals surface area contributed by atoms with Gasteiger partial charge in [-0.2, -0.15) is 27.0 Å². The number of amides is 2. The van der Waals surface area contributed by atoms with E-state index in [4.69, 9.17) is 19.5 Å². The number of rotatable bonds is 10. The van der Waals surface area contributed by atoms with Gasteiger partial charge < -0.3 is 30.1 Å². The number of hydrogen-bond donors (Lipinski definition) is 4. The molecule has 8 heterocycles. The Morgan fingerprint density at radius 1 is 0.516 bits per heavy atom. The third-order valence-corrected chi connectivity index (χ3v) is 19.3. The highest BCUT2D eigenvalue weighted by Gasteiger charge is 2.37. The van der Waals surface area contributed by atoms with E-state index < -0.39 is 5.60 Å². The number of hydrogen-bond acceptors (Lipinski definition) is 10. The SMILES string of the molecule is Cc1c(C2CCCN2)[nH]c2cc(-c3ccc4cc(C5=CN=C([C@@H]6CCCN6)C5)ccc4c3)ccc2c1=O.Cc1c(C2CCCN2C(=O)OCc2ccccc2)[nH]c2cc(-c3ccc4cc(C5=CN=C([C@@H]6CCCN6C(=O)OC(C)(C)C)C5)ccc4c3)ccc2c1=O.S.S. The largest absolute Gasteiger partial charge is 0.445 e. The molecule has 4 atom stereocenters. The van der Waals surface area contributed by atoms with Crippen molar-refractivity contribution in [2.45, 2.75) is 135 Å². The number of pyridine rings is 2. The second-order valence-corrected chi connectivity index (χ2v) is 26.5. The normalized spacial score (nSPS) is 19.5. The summed E-state index contributed by atoms with van der Waals surface area (Å²) in [6.45, 7) is 13.0. The maximum absolute atomic E-state index is 13.7. The van der Waals surface area contributed by atoms with Crippen LogP contribution in [0.2, 0.25) is 0 Å². The van der Waals surface area contributed by atoms with Gasteiger partial charge in [-0.05, 0) is 219 Å². The van der Waals surface area contributed by atoms with Crippen molar-refractivity contribution in [3.05, 3.63) is 212 Å². The second kappa shape index (κ2) is 27.2. The monoisotopic (exact) mass is 1280 g/mol. The Morgan fingerprint density at radius 2 is 0.978 bits per heavy atom. The molecule has 4 N–H and O–H groups in total. The molecule has 14 nitrogen and oxygen atoms in total. The zero-order valence-corrected chi connectivity index (χ0v) is 55.6. The van der Waals surface area contributed by atoms with E-state index in [2.05, 4.69) is 112 Å². The molecule has 7 aromatic carbocycles. The standard InChI is InChI=1S/C45H46N4O5.C32H32N4O.2H2S/c1-28-41(40-13-9-21-49(40)43(51)53-27-29-10-6-5-7-11-29)47-37-24-34(18-19-36(37)42(28)50)32-15-14-31-23-33(17-16-30(31)22-32)35-25-38(46-26-35)39-12-8-20-48(39)44(52)54-45(2,3)4;1-19-31(28-5-3-13-34-28)36-29-16-24(10-11-26(29)32(19)37)22-7-6-21-15-23(9-8-20(21)14-22)25-17-30(35-18-25)27-4-2-12-33-27;;/h5-7,10-11,14-19,22-24,26,39-40H,8-9,12-13,20-21,25,27H2,1-4H3,(H,47,50);6-11,14-16,18,27-28,33-34H,2-5,12-13,17H2,1H3,(H,36,37);2*1H2/t39-,40?;27-,28?;;/m00../s1. The maximum Gasteiger partial charge on any atom is 0.410 e. The number of aromatic amines is 2. The Balaban J connectivity index is 0.000000187. The Bertz CT molecular complexity index is 4630. The average molecular weight is 1280 g/mol. The Morgan fingerprint density at radius 3 is 1.53 bits per heavy atom. The fourth-order valence-electron chi connectivity index (χ4n) is 14.4. The zero-order valence-electron chi connectivity index (χ0n) is 53.6. The van der Waals surface area contributed by atoms with E-state index >= 15 is 0 Å². The minimum atomic E-state index is -0.536. The second-order valence-electron chi connectivity index (χ2n) is 26.5. The first-order chi connectivity index (χ1) is 44.2. The summed E-state index contributed by atoms with van der Waals surface area (Å²) < 4.78 is 11.4. The van der Waals surface area contributed by atoms with Gasteiger partial charge >= 0.3 is 12.2 Å². The van der Waals surface area contributed by atoms with Gasteiger partial charge in [-0.25, -0.2) is 9.59 Å². The summed E-state index contributed by atoms with van der Waals surface area (Å²) >= 11 is 0. The molecule has 0 radical (unpaired) electrons. The van der Waals surface area contributed by atoms with Gasteiger partial charge in [0.1, 0.15) is 12.2 Å². The van der Waals surface area contributed by atoms with Crippen molar-refractivity contribution in [3.63, 3.8) is 0 Å². The number of nitrogens with zero attached hydrogens (tertiary/aromatic N) is 4. The van der Waals surface area contributed by atoms with Gasteiger partial charge in [-0.1, -0.05) is 91.0 Å². The molecule has 0 saturated carbocycles. The van der Waals surface area contributed by atoms with E-state index in [1.165, 1.54) is 40.5 Å². The number of carbonyl (C=O) groups is 2. The number of aliphatic imine (C=N–C) groups is 2. The lowest BCUT2D eigenvalue weighted by atomic mass is 9.95. The fraction of sp³-hybridized carbons (Fsp3) is 0.325. The molecule has 15 rings (SSSR count). The van der Waals surface area contributed by atoms with Gasteiger partial charge in [0.25, 0.3) is 0 Å². The first-order valence-corrected chi connectivity index (χ1v) is 32.5. The molecule has 6 aliphatic heterocycles. The van der Waals surface area contributed by atoms with Crippen molar-refractivity contribution >= 4 is 105 Å². The number of nitrogens with one attached hydrogen (secondary N) is 4. The molecule has 6 aliphatic rings. The van der Waals surface area contributed by atoms with Crippen LogP contribution in [0, 0.1) is 13.8 Å². The van der Waals surface area contributed by atoms with Crippen molar-refractivity contribution in [2.24, 2.45) is 9.98 Å². The first-order valence-electron chi connectivity index (χ1n) is 32.5. The van der Waals surface area contributed by atoms with Crippen LogP contribution in [0.3, 0.4) is 0 Å². The summed E-state index contributed by atoms with van der Waals surface area (Å²) in [6, 6.07) is 48.4. The van der Waals surface area contributed by atoms with Crippen LogP contribution in [-0.2, 0) is 16.1 Å². The topological polar surface area (TPSA) is 174 Å². The summed E-state index contributed by atoms with van der Waals surface area (Å²) in [5, 5.41) is 13.2. The molecule has 4 saturated heterocycles. The third kappa shape index (κ3) is 13.4. The number of aromatic nitrogens is 2. The quantitative estimate of drug-likeness (QED) is 0.105. The Labute approximate surface area is 556 Å². The molecule has 0 bridgehead atoms. The van der Waals surface area contributed by atoms with Crippen LogP contribution < -0.4 is 21.5 Å². The minimum absolute atomic E-state index is 0. The molecular formula is C77H82N8O6S2. The molecular weight excluding hydrogens is 1200 g/mol. The molecule has 478 valence electrons. The minimum Gasteiger partial charge on any atom is -0.445 e. The van der Waals surface area contributed by atoms with Crippen LogP contribution in [0.1, 0.15) is 136 Å².